The molecule has 1 aliphatic heterocycles. The van der Waals surface area contributed by atoms with E-state index in [2.05, 4.69) is 20.6 Å². The van der Waals surface area contributed by atoms with E-state index >= 15 is 0 Å². The molecule has 0 radical (unpaired) electrons. The summed E-state index contributed by atoms with van der Waals surface area (Å²) in [6, 6.07) is 6.08. The fraction of sp³-hybridized carbons (Fsp3) is 0.412. The first-order valence-electron chi connectivity index (χ1n) is 8.33. The van der Waals surface area contributed by atoms with Crippen molar-refractivity contribution in [3.63, 3.8) is 0 Å². The van der Waals surface area contributed by atoms with Crippen LogP contribution in [0.5, 0.6) is 11.5 Å². The smallest absolute Gasteiger partial charge is 0.231 e. The average Bonchev–Trinajstić information content (AvgIpc) is 3.07. The van der Waals surface area contributed by atoms with E-state index in [4.69, 9.17) is 15.2 Å². The van der Waals surface area contributed by atoms with Crippen LogP contribution in [-0.2, 0) is 0 Å². The summed E-state index contributed by atoms with van der Waals surface area (Å²) in [5.41, 5.74) is 7.62. The lowest BCUT2D eigenvalue weighted by Crippen LogP contribution is -2.23. The molecule has 126 valence electrons. The predicted molar refractivity (Wildman–Crippen MR) is 92.8 cm³/mol. The maximum Gasteiger partial charge on any atom is 0.231 e. The molecule has 1 aliphatic carbocycles. The second kappa shape index (κ2) is 6.43. The largest absolute Gasteiger partial charge is 0.454 e. The zero-order valence-corrected chi connectivity index (χ0v) is 13.4. The number of benzene rings is 1. The molecule has 0 atom stereocenters. The molecule has 0 bridgehead atoms. The lowest BCUT2D eigenvalue weighted by atomic mass is 9.95. The SMILES string of the molecule is Nc1c(Nc2ccc3c(c2)OCO3)ncnc1NC1CCCCC1. The van der Waals surface area contributed by atoms with Crippen molar-refractivity contribution >= 4 is 23.0 Å². The molecular weight excluding hydrogens is 306 g/mol. The van der Waals surface area contributed by atoms with Crippen molar-refractivity contribution in [2.75, 3.05) is 23.2 Å². The molecular formula is C17H21N5O2. The van der Waals surface area contributed by atoms with Gasteiger partial charge in [0.1, 0.15) is 12.0 Å². The van der Waals surface area contributed by atoms with Gasteiger partial charge in [-0.1, -0.05) is 19.3 Å². The molecule has 7 heteroatoms. The van der Waals surface area contributed by atoms with E-state index in [0.29, 0.717) is 29.1 Å². The third-order valence-corrected chi connectivity index (χ3v) is 4.47. The highest BCUT2D eigenvalue weighted by atomic mass is 16.7. The molecule has 24 heavy (non-hydrogen) atoms. The number of rotatable bonds is 4. The third kappa shape index (κ3) is 3.02. The van der Waals surface area contributed by atoms with Crippen LogP contribution in [0, 0.1) is 0 Å². The minimum atomic E-state index is 0.254. The predicted octanol–water partition coefficient (Wildman–Crippen LogP) is 3.28. The fourth-order valence-electron chi connectivity index (χ4n) is 3.16. The Morgan fingerprint density at radius 1 is 1.00 bits per heavy atom. The second-order valence-corrected chi connectivity index (χ2v) is 6.16. The van der Waals surface area contributed by atoms with Gasteiger partial charge in [0.25, 0.3) is 0 Å². The van der Waals surface area contributed by atoms with E-state index in [9.17, 15) is 0 Å². The third-order valence-electron chi connectivity index (χ3n) is 4.47. The number of fused-ring (bicyclic) bond motifs is 1. The summed E-state index contributed by atoms with van der Waals surface area (Å²) in [6.45, 7) is 0.254. The van der Waals surface area contributed by atoms with E-state index in [1.165, 1.54) is 25.6 Å². The quantitative estimate of drug-likeness (QED) is 0.793. The van der Waals surface area contributed by atoms with Gasteiger partial charge in [0, 0.05) is 17.8 Å². The molecule has 0 spiro atoms. The number of aromatic nitrogens is 2. The van der Waals surface area contributed by atoms with Gasteiger partial charge >= 0.3 is 0 Å². The van der Waals surface area contributed by atoms with Crippen LogP contribution in [0.4, 0.5) is 23.0 Å². The summed E-state index contributed by atoms with van der Waals surface area (Å²) in [6.07, 6.45) is 7.67. The maximum absolute atomic E-state index is 6.26. The summed E-state index contributed by atoms with van der Waals surface area (Å²) >= 11 is 0. The molecule has 2 aromatic rings. The van der Waals surface area contributed by atoms with E-state index in [1.807, 2.05) is 18.2 Å². The molecule has 2 heterocycles. The van der Waals surface area contributed by atoms with Crippen molar-refractivity contribution in [2.24, 2.45) is 0 Å². The van der Waals surface area contributed by atoms with Gasteiger partial charge in [-0.25, -0.2) is 9.97 Å². The van der Waals surface area contributed by atoms with Crippen LogP contribution < -0.4 is 25.8 Å². The van der Waals surface area contributed by atoms with Crippen LogP contribution in [-0.4, -0.2) is 22.8 Å². The van der Waals surface area contributed by atoms with Crippen molar-refractivity contribution in [2.45, 2.75) is 38.1 Å². The fourth-order valence-corrected chi connectivity index (χ4v) is 3.16. The molecule has 1 saturated carbocycles. The molecule has 1 aromatic heterocycles. The number of ether oxygens (including phenoxy) is 2. The van der Waals surface area contributed by atoms with Crippen LogP contribution in [0.25, 0.3) is 0 Å². The molecule has 4 N–H and O–H groups in total. The number of nitrogen functional groups attached to an aromatic ring is 1. The lowest BCUT2D eigenvalue weighted by Gasteiger charge is -2.24. The molecule has 0 saturated heterocycles. The second-order valence-electron chi connectivity index (χ2n) is 6.16. The number of nitrogens with zero attached hydrogens (tertiary/aromatic N) is 2. The van der Waals surface area contributed by atoms with Gasteiger partial charge in [0.05, 0.1) is 0 Å². The highest BCUT2D eigenvalue weighted by Crippen LogP contribution is 2.36. The normalized spacial score (nSPS) is 16.8. The van der Waals surface area contributed by atoms with Gasteiger partial charge in [-0.05, 0) is 25.0 Å². The Morgan fingerprint density at radius 3 is 2.67 bits per heavy atom. The highest BCUT2D eigenvalue weighted by Gasteiger charge is 2.17. The van der Waals surface area contributed by atoms with E-state index < -0.39 is 0 Å². The van der Waals surface area contributed by atoms with Gasteiger partial charge < -0.3 is 25.8 Å². The summed E-state index contributed by atoms with van der Waals surface area (Å²) < 4.78 is 10.7. The Hall–Kier alpha value is -2.70. The van der Waals surface area contributed by atoms with Crippen LogP contribution in [0.1, 0.15) is 32.1 Å². The monoisotopic (exact) mass is 327 g/mol. The van der Waals surface area contributed by atoms with E-state index in [1.54, 1.807) is 0 Å². The lowest BCUT2D eigenvalue weighted by molar-refractivity contribution is 0.174. The van der Waals surface area contributed by atoms with E-state index in [-0.39, 0.29) is 6.79 Å². The Morgan fingerprint density at radius 2 is 1.79 bits per heavy atom. The summed E-state index contributed by atoms with van der Waals surface area (Å²) in [5.74, 6) is 2.74. The minimum Gasteiger partial charge on any atom is -0.454 e. The molecule has 1 fully saturated rings. The van der Waals surface area contributed by atoms with Crippen molar-refractivity contribution in [3.8, 4) is 11.5 Å². The zero-order chi connectivity index (χ0) is 16.4. The number of nitrogens with one attached hydrogen (secondary N) is 2. The molecule has 7 nitrogen and oxygen atoms in total. The highest BCUT2D eigenvalue weighted by molar-refractivity contribution is 5.78. The molecule has 1 aromatic carbocycles. The first kappa shape index (κ1) is 14.9. The Balaban J connectivity index is 1.52. The number of nitrogens with two attached hydrogens (primary N) is 1. The van der Waals surface area contributed by atoms with Crippen molar-refractivity contribution in [1.82, 2.24) is 9.97 Å². The molecule has 0 amide bonds. The van der Waals surface area contributed by atoms with Crippen molar-refractivity contribution < 1.29 is 9.47 Å². The van der Waals surface area contributed by atoms with Crippen LogP contribution in [0.3, 0.4) is 0 Å². The Bertz CT molecular complexity index is 731. The van der Waals surface area contributed by atoms with Gasteiger partial charge in [-0.2, -0.15) is 0 Å². The van der Waals surface area contributed by atoms with Crippen LogP contribution in [0.15, 0.2) is 24.5 Å². The van der Waals surface area contributed by atoms with Gasteiger partial charge in [-0.3, -0.25) is 0 Å². The van der Waals surface area contributed by atoms with Crippen LogP contribution >= 0.6 is 0 Å². The Kier molecular flexibility index (Phi) is 3.98. The molecule has 2 aliphatic rings. The van der Waals surface area contributed by atoms with Crippen LogP contribution in [0.2, 0.25) is 0 Å². The molecule has 4 rings (SSSR count). The first-order valence-corrected chi connectivity index (χ1v) is 8.33. The zero-order valence-electron chi connectivity index (χ0n) is 13.4. The van der Waals surface area contributed by atoms with E-state index in [0.717, 1.165) is 24.3 Å². The number of anilines is 4. The maximum atomic E-state index is 6.26. The number of hydrogen-bond donors (Lipinski definition) is 3. The number of hydrogen-bond acceptors (Lipinski definition) is 7. The average molecular weight is 327 g/mol. The Labute approximate surface area is 140 Å². The first-order chi connectivity index (χ1) is 11.8. The van der Waals surface area contributed by atoms with Gasteiger partial charge in [0.15, 0.2) is 23.1 Å². The van der Waals surface area contributed by atoms with Gasteiger partial charge in [-0.15, -0.1) is 0 Å². The van der Waals surface area contributed by atoms with Crippen molar-refractivity contribution in [3.05, 3.63) is 24.5 Å². The molecule has 0 unspecified atom stereocenters. The summed E-state index contributed by atoms with van der Waals surface area (Å²) in [4.78, 5) is 8.56. The topological polar surface area (TPSA) is 94.3 Å². The van der Waals surface area contributed by atoms with Gasteiger partial charge in [0.2, 0.25) is 6.79 Å². The van der Waals surface area contributed by atoms with Crippen molar-refractivity contribution in [1.29, 1.82) is 0 Å². The summed E-state index contributed by atoms with van der Waals surface area (Å²) in [5, 5.41) is 6.68. The summed E-state index contributed by atoms with van der Waals surface area (Å²) in [7, 11) is 0. The standard InChI is InChI=1S/C17H21N5O2/c18-15-16(21-11-4-2-1-3-5-11)19-9-20-17(15)22-12-6-7-13-14(8-12)24-10-23-13/h6-9,11H,1-5,10,18H2,(H2,19,20,21,22). The minimum absolute atomic E-state index is 0.254.